The molecule has 0 saturated heterocycles. The third-order valence-electron chi connectivity index (χ3n) is 2.59. The number of aliphatic carboxylic acids is 1. The van der Waals surface area contributed by atoms with Gasteiger partial charge in [0.25, 0.3) is 0 Å². The van der Waals surface area contributed by atoms with E-state index >= 15 is 0 Å². The van der Waals surface area contributed by atoms with Crippen LogP contribution in [0.1, 0.15) is 12.8 Å². The Morgan fingerprint density at radius 2 is 1.71 bits per heavy atom. The van der Waals surface area contributed by atoms with Gasteiger partial charge >= 0.3 is 11.9 Å². The lowest BCUT2D eigenvalue weighted by atomic mass is 10.1. The fourth-order valence-electron chi connectivity index (χ4n) is 1.21. The summed E-state index contributed by atoms with van der Waals surface area (Å²) in [4.78, 5) is 33.0. The predicted octanol–water partition coefficient (Wildman–Crippen LogP) is -3.63. The fourth-order valence-corrected chi connectivity index (χ4v) is 1.21. The van der Waals surface area contributed by atoms with Crippen LogP contribution < -0.4 is 5.73 Å². The van der Waals surface area contributed by atoms with Crippen molar-refractivity contribution in [2.75, 3.05) is 13.2 Å². The maximum Gasteiger partial charge on any atom is 0.320 e. The number of carbonyl (C=O) groups is 3. The first-order valence-electron chi connectivity index (χ1n) is 6.02. The first-order chi connectivity index (χ1) is 9.70. The highest BCUT2D eigenvalue weighted by molar-refractivity contribution is 5.86. The molecule has 0 aromatic carbocycles. The lowest BCUT2D eigenvalue weighted by molar-refractivity contribution is -0.155. The molecule has 0 aliphatic carbocycles. The van der Waals surface area contributed by atoms with Crippen LogP contribution in [0.3, 0.4) is 0 Å². The summed E-state index contributed by atoms with van der Waals surface area (Å²) in [5, 5.41) is 44.6. The molecule has 0 heterocycles. The molecule has 0 amide bonds. The number of ether oxygens (including phenoxy) is 1. The number of rotatable bonds is 10. The van der Waals surface area contributed by atoms with Crippen molar-refractivity contribution in [1.82, 2.24) is 0 Å². The quantitative estimate of drug-likeness (QED) is 0.220. The zero-order valence-corrected chi connectivity index (χ0v) is 11.1. The van der Waals surface area contributed by atoms with Crippen LogP contribution in [-0.2, 0) is 19.1 Å². The van der Waals surface area contributed by atoms with Crippen molar-refractivity contribution in [3.05, 3.63) is 0 Å². The molecule has 0 aromatic heterocycles. The molecule has 10 nitrogen and oxygen atoms in total. The number of aliphatic hydroxyl groups is 4. The Labute approximate surface area is 119 Å². The fraction of sp³-hybridized carbons (Fsp3) is 0.727. The second-order valence-corrected chi connectivity index (χ2v) is 4.30. The lowest BCUT2D eigenvalue weighted by Gasteiger charge is -2.20. The van der Waals surface area contributed by atoms with Crippen molar-refractivity contribution in [3.63, 3.8) is 0 Å². The summed E-state index contributed by atoms with van der Waals surface area (Å²) in [5.41, 5.74) is 5.16. The van der Waals surface area contributed by atoms with E-state index in [0.29, 0.717) is 0 Å². The maximum absolute atomic E-state index is 11.4. The summed E-state index contributed by atoms with van der Waals surface area (Å²) in [7, 11) is 0. The van der Waals surface area contributed by atoms with E-state index in [0.717, 1.165) is 0 Å². The molecule has 4 atom stereocenters. The number of carboxylic acids is 1. The van der Waals surface area contributed by atoms with Gasteiger partial charge in [0, 0.05) is 6.42 Å². The highest BCUT2D eigenvalue weighted by Crippen LogP contribution is 2.03. The van der Waals surface area contributed by atoms with E-state index in [4.69, 9.17) is 21.1 Å². The van der Waals surface area contributed by atoms with Crippen molar-refractivity contribution in [2.24, 2.45) is 5.73 Å². The second-order valence-electron chi connectivity index (χ2n) is 4.30. The second kappa shape index (κ2) is 9.37. The summed E-state index contributed by atoms with van der Waals surface area (Å²) in [6, 6.07) is -1.24. The molecule has 10 heteroatoms. The van der Waals surface area contributed by atoms with Crippen LogP contribution in [0.2, 0.25) is 0 Å². The molecular formula is C11H19NO9. The number of aliphatic hydroxyl groups excluding tert-OH is 4. The number of ketones is 1. The highest BCUT2D eigenvalue weighted by atomic mass is 16.5. The van der Waals surface area contributed by atoms with Gasteiger partial charge in [-0.25, -0.2) is 0 Å². The van der Waals surface area contributed by atoms with Crippen molar-refractivity contribution in [3.8, 4) is 0 Å². The van der Waals surface area contributed by atoms with Gasteiger partial charge in [0.1, 0.15) is 24.4 Å². The number of hydrogen-bond acceptors (Lipinski definition) is 9. The van der Waals surface area contributed by atoms with Crippen LogP contribution >= 0.6 is 0 Å². The van der Waals surface area contributed by atoms with Crippen LogP contribution in [0.4, 0.5) is 0 Å². The average molecular weight is 309 g/mol. The minimum absolute atomic E-state index is 0.184. The smallest absolute Gasteiger partial charge is 0.320 e. The molecule has 21 heavy (non-hydrogen) atoms. The number of esters is 1. The summed E-state index contributed by atoms with van der Waals surface area (Å²) < 4.78 is 4.47. The summed E-state index contributed by atoms with van der Waals surface area (Å²) >= 11 is 0. The van der Waals surface area contributed by atoms with Crippen molar-refractivity contribution >= 4 is 17.7 Å². The minimum Gasteiger partial charge on any atom is -0.480 e. The Bertz CT molecular complexity index is 373. The van der Waals surface area contributed by atoms with Crippen LogP contribution in [0.25, 0.3) is 0 Å². The standard InChI is InChI=1S/C11H19NO9/c12-5(11(19)20)1-2-8(16)21-4-7(15)10(18)9(17)6(14)3-13/h5-6,9-10,13-14,17-18H,1-4,12H2,(H,19,20)/t5-,6+,9+,10+/m0/s1. The van der Waals surface area contributed by atoms with Crippen LogP contribution in [0, 0.1) is 0 Å². The molecule has 0 aromatic rings. The highest BCUT2D eigenvalue weighted by Gasteiger charge is 2.30. The molecule has 0 radical (unpaired) electrons. The van der Waals surface area contributed by atoms with E-state index < -0.39 is 55.3 Å². The first-order valence-corrected chi connectivity index (χ1v) is 6.02. The van der Waals surface area contributed by atoms with Gasteiger partial charge in [0.05, 0.1) is 6.61 Å². The molecule has 0 bridgehead atoms. The SMILES string of the molecule is N[C@@H](CCC(=O)OCC(=O)[C@@H](O)[C@H](O)[C@H](O)CO)C(=O)O. The van der Waals surface area contributed by atoms with Gasteiger partial charge in [-0.1, -0.05) is 0 Å². The first kappa shape index (κ1) is 19.4. The summed E-state index contributed by atoms with van der Waals surface area (Å²) in [6.45, 7) is -1.73. The summed E-state index contributed by atoms with van der Waals surface area (Å²) in [5.74, 6) is -3.26. The monoisotopic (exact) mass is 309 g/mol. The number of carbonyl (C=O) groups excluding carboxylic acids is 2. The zero-order chi connectivity index (χ0) is 16.6. The lowest BCUT2D eigenvalue weighted by Crippen LogP contribution is -2.45. The number of nitrogens with two attached hydrogens (primary N) is 1. The summed E-state index contributed by atoms with van der Waals surface area (Å²) in [6.07, 6.45) is -6.17. The van der Waals surface area contributed by atoms with E-state index in [1.807, 2.05) is 0 Å². The third kappa shape index (κ3) is 7.11. The zero-order valence-electron chi connectivity index (χ0n) is 11.1. The number of carboxylic acid groups (broad SMARTS) is 1. The Morgan fingerprint density at radius 1 is 1.14 bits per heavy atom. The van der Waals surface area contributed by atoms with Gasteiger partial charge in [-0.3, -0.25) is 14.4 Å². The third-order valence-corrected chi connectivity index (χ3v) is 2.59. The van der Waals surface area contributed by atoms with Crippen LogP contribution in [-0.4, -0.2) is 80.8 Å². The molecule has 0 saturated carbocycles. The van der Waals surface area contributed by atoms with Gasteiger partial charge < -0.3 is 36.0 Å². The van der Waals surface area contributed by atoms with E-state index in [9.17, 15) is 24.6 Å². The normalized spacial score (nSPS) is 16.6. The largest absolute Gasteiger partial charge is 0.480 e. The topological polar surface area (TPSA) is 188 Å². The molecule has 0 fully saturated rings. The Morgan fingerprint density at radius 3 is 2.19 bits per heavy atom. The average Bonchev–Trinajstić information content (AvgIpc) is 2.47. The Hall–Kier alpha value is -1.59. The van der Waals surface area contributed by atoms with Crippen LogP contribution in [0.15, 0.2) is 0 Å². The van der Waals surface area contributed by atoms with Gasteiger partial charge in [-0.05, 0) is 6.42 Å². The molecular weight excluding hydrogens is 290 g/mol. The van der Waals surface area contributed by atoms with Gasteiger partial charge in [0.15, 0.2) is 6.61 Å². The number of hydrogen-bond donors (Lipinski definition) is 6. The van der Waals surface area contributed by atoms with Gasteiger partial charge in [-0.2, -0.15) is 0 Å². The van der Waals surface area contributed by atoms with Crippen molar-refractivity contribution in [1.29, 1.82) is 0 Å². The van der Waals surface area contributed by atoms with Gasteiger partial charge in [-0.15, -0.1) is 0 Å². The van der Waals surface area contributed by atoms with Crippen molar-refractivity contribution < 1.29 is 44.7 Å². The van der Waals surface area contributed by atoms with E-state index in [-0.39, 0.29) is 12.8 Å². The number of Topliss-reactive ketones (excluding diaryl/α,β-unsaturated/α-hetero) is 1. The minimum atomic E-state index is -2.03. The van der Waals surface area contributed by atoms with Gasteiger partial charge in [0.2, 0.25) is 5.78 Å². The predicted molar refractivity (Wildman–Crippen MR) is 65.9 cm³/mol. The van der Waals surface area contributed by atoms with Crippen LogP contribution in [0.5, 0.6) is 0 Å². The molecule has 0 aliphatic heterocycles. The van der Waals surface area contributed by atoms with E-state index in [1.54, 1.807) is 0 Å². The Balaban J connectivity index is 4.12. The maximum atomic E-state index is 11.4. The molecule has 0 unspecified atom stereocenters. The van der Waals surface area contributed by atoms with E-state index in [1.165, 1.54) is 0 Å². The molecule has 0 spiro atoms. The molecule has 0 rings (SSSR count). The van der Waals surface area contributed by atoms with E-state index in [2.05, 4.69) is 4.74 Å². The molecule has 7 N–H and O–H groups in total. The molecule has 122 valence electrons. The van der Waals surface area contributed by atoms with Crippen molar-refractivity contribution in [2.45, 2.75) is 37.2 Å². The Kier molecular flexibility index (Phi) is 8.66. The molecule has 0 aliphatic rings.